The Morgan fingerprint density at radius 2 is 2.03 bits per heavy atom. The molecule has 0 spiro atoms. The summed E-state index contributed by atoms with van der Waals surface area (Å²) >= 11 is 0. The lowest BCUT2D eigenvalue weighted by Gasteiger charge is -2.33. The van der Waals surface area contributed by atoms with Crippen LogP contribution in [0, 0.1) is 16.2 Å². The molecule has 1 N–H and O–H groups in total. The van der Waals surface area contributed by atoms with Crippen LogP contribution >= 0.6 is 0 Å². The van der Waals surface area contributed by atoms with E-state index in [-0.39, 0.29) is 29.3 Å². The highest BCUT2D eigenvalue weighted by molar-refractivity contribution is 6.13. The molecule has 6 heteroatoms. The van der Waals surface area contributed by atoms with Gasteiger partial charge in [-0.2, -0.15) is 4.91 Å². The first kappa shape index (κ1) is 24.7. The van der Waals surface area contributed by atoms with Gasteiger partial charge in [0.2, 0.25) is 0 Å². The van der Waals surface area contributed by atoms with Crippen molar-refractivity contribution in [3.8, 4) is 0 Å². The van der Waals surface area contributed by atoms with Gasteiger partial charge in [0.05, 0.1) is 25.9 Å². The summed E-state index contributed by atoms with van der Waals surface area (Å²) in [4.78, 5) is 24.0. The standard InChI is InChI=1S/C23H32BNO4/c1-15(2)7-8-19-16(3)23(5,6)17(4)20(22(27)21(19)13-26)10-12-29-14-18(25-28)9-11-24/h7-8,10,12-13,16,18,26H,9,11,14H2,1-6H3/b12-10-,19-8+,21-13+. The molecule has 2 radical (unpaired) electrons. The molecule has 1 aliphatic rings. The number of nitrogens with zero attached hydrogens (tertiary/aromatic N) is 1. The molecule has 0 saturated heterocycles. The third-order valence-corrected chi connectivity index (χ3v) is 5.71. The lowest BCUT2D eigenvalue weighted by atomic mass is 9.71. The van der Waals surface area contributed by atoms with Crippen LogP contribution in [-0.4, -0.2) is 31.4 Å². The second-order valence-corrected chi connectivity index (χ2v) is 8.19. The summed E-state index contributed by atoms with van der Waals surface area (Å²) < 4.78 is 5.43. The van der Waals surface area contributed by atoms with Crippen molar-refractivity contribution in [2.45, 2.75) is 60.3 Å². The fourth-order valence-corrected chi connectivity index (χ4v) is 3.21. The van der Waals surface area contributed by atoms with Crippen LogP contribution in [0.3, 0.4) is 0 Å². The molecule has 0 aromatic rings. The van der Waals surface area contributed by atoms with Gasteiger partial charge in [0, 0.05) is 5.57 Å². The van der Waals surface area contributed by atoms with Gasteiger partial charge in [-0.15, -0.1) is 0 Å². The topological polar surface area (TPSA) is 76.0 Å². The Morgan fingerprint density at radius 3 is 2.55 bits per heavy atom. The smallest absolute Gasteiger partial charge is 0.196 e. The summed E-state index contributed by atoms with van der Waals surface area (Å²) in [5.41, 5.74) is 3.22. The van der Waals surface area contributed by atoms with Gasteiger partial charge in [-0.1, -0.05) is 55.6 Å². The zero-order chi connectivity index (χ0) is 22.2. The van der Waals surface area contributed by atoms with E-state index in [2.05, 4.69) is 25.9 Å². The Labute approximate surface area is 175 Å². The van der Waals surface area contributed by atoms with Crippen LogP contribution in [-0.2, 0) is 9.53 Å². The van der Waals surface area contributed by atoms with E-state index in [1.165, 1.54) is 6.26 Å². The molecule has 156 valence electrons. The fraction of sp³-hybridized carbons (Fsp3) is 0.522. The molecule has 0 amide bonds. The van der Waals surface area contributed by atoms with Crippen molar-refractivity contribution in [2.75, 3.05) is 6.61 Å². The number of rotatable bonds is 8. The average Bonchev–Trinajstić information content (AvgIpc) is 2.72. The summed E-state index contributed by atoms with van der Waals surface area (Å²) in [5, 5.41) is 12.9. The number of hydrogen-bond acceptors (Lipinski definition) is 5. The molecule has 1 aliphatic carbocycles. The molecule has 1 rings (SSSR count). The van der Waals surface area contributed by atoms with Crippen LogP contribution in [0.15, 0.2) is 63.8 Å². The lowest BCUT2D eigenvalue weighted by Crippen LogP contribution is -2.24. The molecule has 0 aromatic carbocycles. The van der Waals surface area contributed by atoms with Crippen LogP contribution in [0.25, 0.3) is 0 Å². The zero-order valence-electron chi connectivity index (χ0n) is 18.4. The minimum absolute atomic E-state index is 0.000432. The van der Waals surface area contributed by atoms with Crippen LogP contribution in [0.5, 0.6) is 0 Å². The van der Waals surface area contributed by atoms with Crippen molar-refractivity contribution in [3.05, 3.63) is 63.5 Å². The quantitative estimate of drug-likeness (QED) is 0.253. The Kier molecular flexibility index (Phi) is 9.34. The van der Waals surface area contributed by atoms with Crippen molar-refractivity contribution >= 4 is 13.6 Å². The van der Waals surface area contributed by atoms with E-state index >= 15 is 0 Å². The van der Waals surface area contributed by atoms with Crippen LogP contribution < -0.4 is 0 Å². The predicted molar refractivity (Wildman–Crippen MR) is 119 cm³/mol. The minimum atomic E-state index is -0.521. The van der Waals surface area contributed by atoms with Gasteiger partial charge in [-0.25, -0.2) is 0 Å². The largest absolute Gasteiger partial charge is 0.515 e. The molecular formula is C23H32BNO4. The molecule has 5 nitrogen and oxygen atoms in total. The van der Waals surface area contributed by atoms with Gasteiger partial charge in [-0.05, 0) is 50.2 Å². The van der Waals surface area contributed by atoms with E-state index in [9.17, 15) is 14.8 Å². The maximum absolute atomic E-state index is 13.2. The molecule has 29 heavy (non-hydrogen) atoms. The number of nitroso groups, excluding NO2 is 1. The van der Waals surface area contributed by atoms with E-state index in [0.29, 0.717) is 18.3 Å². The minimum Gasteiger partial charge on any atom is -0.515 e. The summed E-state index contributed by atoms with van der Waals surface area (Å²) in [5.74, 6) is -0.261. The number of ether oxygens (including phenoxy) is 1. The Bertz CT molecular complexity index is 768. The predicted octanol–water partition coefficient (Wildman–Crippen LogP) is 5.52. The number of Topliss-reactive ketones (excluding diaryl/α,β-unsaturated/α-hetero) is 1. The Hall–Kier alpha value is -2.37. The van der Waals surface area contributed by atoms with E-state index in [0.717, 1.165) is 23.0 Å². The first-order valence-corrected chi connectivity index (χ1v) is 9.88. The summed E-state index contributed by atoms with van der Waals surface area (Å²) in [6.07, 6.45) is 8.55. The molecule has 0 bridgehead atoms. The Balaban J connectivity index is 3.31. The van der Waals surface area contributed by atoms with Crippen LogP contribution in [0.4, 0.5) is 0 Å². The number of aliphatic hydroxyl groups is 1. The monoisotopic (exact) mass is 397 g/mol. The van der Waals surface area contributed by atoms with Gasteiger partial charge >= 0.3 is 0 Å². The maximum atomic E-state index is 13.2. The second-order valence-electron chi connectivity index (χ2n) is 8.19. The molecule has 0 aliphatic heterocycles. The van der Waals surface area contributed by atoms with Crippen molar-refractivity contribution in [2.24, 2.45) is 16.5 Å². The summed E-state index contributed by atoms with van der Waals surface area (Å²) in [6.45, 7) is 12.2. The molecule has 2 atom stereocenters. The number of ketones is 1. The zero-order valence-corrected chi connectivity index (χ0v) is 18.4. The van der Waals surface area contributed by atoms with Crippen molar-refractivity contribution in [1.82, 2.24) is 0 Å². The first-order valence-electron chi connectivity index (χ1n) is 9.88. The summed E-state index contributed by atoms with van der Waals surface area (Å²) in [6, 6.07) is -0.521. The molecular weight excluding hydrogens is 365 g/mol. The van der Waals surface area contributed by atoms with E-state index < -0.39 is 6.04 Å². The number of allylic oxidation sites excluding steroid dienone is 8. The highest BCUT2D eigenvalue weighted by Crippen LogP contribution is 2.46. The molecule has 0 heterocycles. The maximum Gasteiger partial charge on any atom is 0.196 e. The third-order valence-electron chi connectivity index (χ3n) is 5.71. The van der Waals surface area contributed by atoms with Gasteiger partial charge in [0.25, 0.3) is 0 Å². The second kappa shape index (κ2) is 11.0. The normalized spacial score (nSPS) is 23.4. The molecule has 0 fully saturated rings. The fourth-order valence-electron chi connectivity index (χ4n) is 3.21. The van der Waals surface area contributed by atoms with E-state index in [1.807, 2.05) is 32.9 Å². The van der Waals surface area contributed by atoms with Gasteiger partial charge in [0.15, 0.2) is 5.78 Å². The molecule has 0 aromatic heterocycles. The van der Waals surface area contributed by atoms with Crippen molar-refractivity contribution in [3.63, 3.8) is 0 Å². The SMILES string of the molecule is [B]CCC(CO/C=C\C1=C(C)C(C)(C)C(C)C(=C\C=C(C)C)/C(=C\O)C1=O)N=O. The van der Waals surface area contributed by atoms with Crippen molar-refractivity contribution < 1.29 is 14.6 Å². The number of aliphatic hydroxyl groups excluding tert-OH is 1. The highest BCUT2D eigenvalue weighted by Gasteiger charge is 2.39. The average molecular weight is 397 g/mol. The van der Waals surface area contributed by atoms with E-state index in [4.69, 9.17) is 12.6 Å². The highest BCUT2D eigenvalue weighted by atomic mass is 16.5. The first-order chi connectivity index (χ1) is 13.6. The van der Waals surface area contributed by atoms with Crippen LogP contribution in [0.1, 0.15) is 48.0 Å². The molecule has 2 unspecified atom stereocenters. The third kappa shape index (κ3) is 6.05. The van der Waals surface area contributed by atoms with Crippen LogP contribution in [0.2, 0.25) is 6.32 Å². The number of carbonyl (C=O) groups is 1. The van der Waals surface area contributed by atoms with Crippen molar-refractivity contribution in [1.29, 1.82) is 0 Å². The van der Waals surface area contributed by atoms with E-state index in [1.54, 1.807) is 6.08 Å². The Morgan fingerprint density at radius 1 is 1.38 bits per heavy atom. The van der Waals surface area contributed by atoms with Gasteiger partial charge < -0.3 is 9.84 Å². The number of hydrogen-bond donors (Lipinski definition) is 1. The molecule has 0 saturated carbocycles. The van der Waals surface area contributed by atoms with Gasteiger partial charge in [-0.3, -0.25) is 4.79 Å². The van der Waals surface area contributed by atoms with Gasteiger partial charge in [0.1, 0.15) is 12.6 Å². The lowest BCUT2D eigenvalue weighted by molar-refractivity contribution is -0.111. The summed E-state index contributed by atoms with van der Waals surface area (Å²) in [7, 11) is 5.45. The number of carbonyl (C=O) groups excluding carboxylic acids is 1.